The SMILES string of the molecule is CON1CCC(c2cc3c(c(N4CCCc5cc(-c6cnn(C)c6)c(C(F)F)cc54)c2)CN(C(C)=O)C3)CC1. The summed E-state index contributed by atoms with van der Waals surface area (Å²) in [4.78, 5) is 21.9. The highest BCUT2D eigenvalue weighted by molar-refractivity contribution is 5.80. The van der Waals surface area contributed by atoms with Gasteiger partial charge in [-0.3, -0.25) is 9.48 Å². The number of carbonyl (C=O) groups is 1. The van der Waals surface area contributed by atoms with Crippen LogP contribution in [0.3, 0.4) is 0 Å². The highest BCUT2D eigenvalue weighted by Crippen LogP contribution is 2.45. The summed E-state index contributed by atoms with van der Waals surface area (Å²) in [7, 11) is 3.51. The van der Waals surface area contributed by atoms with Crippen molar-refractivity contribution in [2.45, 2.75) is 58.0 Å². The van der Waals surface area contributed by atoms with E-state index in [9.17, 15) is 13.6 Å². The Morgan fingerprint density at radius 3 is 2.51 bits per heavy atom. The molecule has 0 spiro atoms. The van der Waals surface area contributed by atoms with Gasteiger partial charge >= 0.3 is 0 Å². The van der Waals surface area contributed by atoms with Crippen LogP contribution in [0.2, 0.25) is 0 Å². The van der Waals surface area contributed by atoms with Gasteiger partial charge in [0.25, 0.3) is 6.43 Å². The van der Waals surface area contributed by atoms with E-state index < -0.39 is 6.43 Å². The predicted molar refractivity (Wildman–Crippen MR) is 146 cm³/mol. The monoisotopic (exact) mass is 535 g/mol. The largest absolute Gasteiger partial charge is 0.341 e. The molecule has 0 N–H and O–H groups in total. The smallest absolute Gasteiger partial charge is 0.264 e. The number of hydroxylamine groups is 2. The van der Waals surface area contributed by atoms with E-state index in [0.29, 0.717) is 30.1 Å². The number of fused-ring (bicyclic) bond motifs is 2. The van der Waals surface area contributed by atoms with Gasteiger partial charge in [0.15, 0.2) is 0 Å². The predicted octanol–water partition coefficient (Wildman–Crippen LogP) is 5.71. The van der Waals surface area contributed by atoms with E-state index in [1.54, 1.807) is 44.2 Å². The summed E-state index contributed by atoms with van der Waals surface area (Å²) >= 11 is 0. The maximum atomic E-state index is 14.4. The fraction of sp³-hybridized carbons (Fsp3) is 0.467. The minimum absolute atomic E-state index is 0.0266. The Balaban J connectivity index is 1.45. The maximum Gasteiger partial charge on any atom is 0.264 e. The lowest BCUT2D eigenvalue weighted by atomic mass is 9.87. The molecule has 7 nitrogen and oxygen atoms in total. The molecule has 0 radical (unpaired) electrons. The van der Waals surface area contributed by atoms with Crippen molar-refractivity contribution in [1.82, 2.24) is 19.7 Å². The molecule has 206 valence electrons. The molecule has 0 bridgehead atoms. The number of aromatic nitrogens is 2. The number of aryl methyl sites for hydroxylation is 2. The topological polar surface area (TPSA) is 53.8 Å². The first-order valence-corrected chi connectivity index (χ1v) is 13.7. The summed E-state index contributed by atoms with van der Waals surface area (Å²) in [6, 6.07) is 8.17. The second-order valence-electron chi connectivity index (χ2n) is 11.0. The quantitative estimate of drug-likeness (QED) is 0.419. The molecule has 3 aliphatic heterocycles. The average molecular weight is 536 g/mol. The number of hydrogen-bond acceptors (Lipinski definition) is 5. The van der Waals surface area contributed by atoms with Gasteiger partial charge < -0.3 is 14.6 Å². The maximum absolute atomic E-state index is 14.4. The molecule has 0 unspecified atom stereocenters. The molecule has 1 fully saturated rings. The van der Waals surface area contributed by atoms with Gasteiger partial charge in [0.2, 0.25) is 5.91 Å². The molecule has 1 aromatic heterocycles. The molecule has 1 saturated heterocycles. The fourth-order valence-electron chi connectivity index (χ4n) is 6.48. The molecule has 3 aromatic rings. The minimum Gasteiger partial charge on any atom is -0.341 e. The fourth-order valence-corrected chi connectivity index (χ4v) is 6.48. The zero-order chi connectivity index (χ0) is 27.3. The van der Waals surface area contributed by atoms with E-state index in [1.807, 2.05) is 16.0 Å². The van der Waals surface area contributed by atoms with Crippen LogP contribution in [-0.4, -0.2) is 52.4 Å². The third-order valence-electron chi connectivity index (χ3n) is 8.59. The highest BCUT2D eigenvalue weighted by Gasteiger charge is 2.32. The Labute approximate surface area is 227 Å². The summed E-state index contributed by atoms with van der Waals surface area (Å²) in [6.45, 7) is 5.23. The number of anilines is 2. The van der Waals surface area contributed by atoms with Crippen LogP contribution < -0.4 is 4.90 Å². The van der Waals surface area contributed by atoms with Crippen molar-refractivity contribution in [3.05, 3.63) is 64.5 Å². The number of benzene rings is 2. The van der Waals surface area contributed by atoms with Crippen molar-refractivity contribution in [2.24, 2.45) is 7.05 Å². The minimum atomic E-state index is -2.61. The number of nitrogens with zero attached hydrogens (tertiary/aromatic N) is 5. The molecule has 2 aromatic carbocycles. The zero-order valence-electron chi connectivity index (χ0n) is 22.8. The normalized spacial score (nSPS) is 18.1. The summed E-state index contributed by atoms with van der Waals surface area (Å²) < 4.78 is 30.5. The third-order valence-corrected chi connectivity index (χ3v) is 8.59. The lowest BCUT2D eigenvalue weighted by molar-refractivity contribution is -0.143. The zero-order valence-corrected chi connectivity index (χ0v) is 22.8. The Bertz CT molecular complexity index is 1400. The van der Waals surface area contributed by atoms with Crippen LogP contribution in [0, 0.1) is 0 Å². The number of piperidine rings is 1. The lowest BCUT2D eigenvalue weighted by Crippen LogP contribution is -2.32. The molecule has 6 rings (SSSR count). The van der Waals surface area contributed by atoms with Crippen molar-refractivity contribution >= 4 is 17.3 Å². The van der Waals surface area contributed by atoms with Crippen LogP contribution in [0.1, 0.15) is 66.3 Å². The molecule has 4 heterocycles. The Morgan fingerprint density at radius 1 is 1.05 bits per heavy atom. The second-order valence-corrected chi connectivity index (χ2v) is 11.0. The molecule has 9 heteroatoms. The lowest BCUT2D eigenvalue weighted by Gasteiger charge is -2.35. The summed E-state index contributed by atoms with van der Waals surface area (Å²) in [5.41, 5.74) is 7.80. The van der Waals surface area contributed by atoms with Gasteiger partial charge in [0.05, 0.1) is 13.3 Å². The van der Waals surface area contributed by atoms with Crippen molar-refractivity contribution in [2.75, 3.05) is 31.6 Å². The molecular weight excluding hydrogens is 500 g/mol. The van der Waals surface area contributed by atoms with E-state index in [2.05, 4.69) is 22.1 Å². The van der Waals surface area contributed by atoms with Crippen LogP contribution in [0.25, 0.3) is 11.1 Å². The van der Waals surface area contributed by atoms with Gasteiger partial charge in [-0.25, -0.2) is 8.78 Å². The van der Waals surface area contributed by atoms with E-state index in [0.717, 1.165) is 67.8 Å². The Kier molecular flexibility index (Phi) is 6.89. The number of halogens is 2. The van der Waals surface area contributed by atoms with E-state index in [-0.39, 0.29) is 11.5 Å². The van der Waals surface area contributed by atoms with E-state index in [1.165, 1.54) is 11.1 Å². The van der Waals surface area contributed by atoms with Gasteiger partial charge in [0.1, 0.15) is 0 Å². The van der Waals surface area contributed by atoms with Crippen molar-refractivity contribution in [1.29, 1.82) is 0 Å². The van der Waals surface area contributed by atoms with Crippen molar-refractivity contribution in [3.8, 4) is 11.1 Å². The summed E-state index contributed by atoms with van der Waals surface area (Å²) in [6.07, 6.45) is 4.57. The van der Waals surface area contributed by atoms with Crippen molar-refractivity contribution < 1.29 is 18.4 Å². The van der Waals surface area contributed by atoms with Gasteiger partial charge in [-0.2, -0.15) is 10.2 Å². The second kappa shape index (κ2) is 10.4. The van der Waals surface area contributed by atoms with E-state index in [4.69, 9.17) is 4.84 Å². The summed E-state index contributed by atoms with van der Waals surface area (Å²) in [5.74, 6) is 0.438. The van der Waals surface area contributed by atoms with Crippen LogP contribution >= 0.6 is 0 Å². The number of alkyl halides is 2. The molecular formula is C30H35F2N5O2. The molecule has 39 heavy (non-hydrogen) atoms. The number of carbonyl (C=O) groups excluding carboxylic acids is 1. The number of hydrogen-bond donors (Lipinski definition) is 0. The van der Waals surface area contributed by atoms with E-state index >= 15 is 0 Å². The standard InChI is InChI=1S/C30H35F2N5O2/c1-19(38)35-17-23-11-22(20-6-9-36(39-3)10-7-20)13-29(27(23)18-35)37-8-4-5-21-12-25(24-15-33-34(2)16-24)26(30(31)32)14-28(21)37/h11-16,20,30H,4-10,17-18H2,1-3H3. The van der Waals surface area contributed by atoms with Crippen LogP contribution in [0.15, 0.2) is 36.7 Å². The first-order chi connectivity index (χ1) is 18.8. The van der Waals surface area contributed by atoms with Crippen LogP contribution in [0.4, 0.5) is 20.2 Å². The van der Waals surface area contributed by atoms with Gasteiger partial charge in [-0.05, 0) is 72.1 Å². The summed E-state index contributed by atoms with van der Waals surface area (Å²) in [5, 5.41) is 6.21. The highest BCUT2D eigenvalue weighted by atomic mass is 19.3. The van der Waals surface area contributed by atoms with Crippen LogP contribution in [0.5, 0.6) is 0 Å². The van der Waals surface area contributed by atoms with Crippen LogP contribution in [-0.2, 0) is 36.2 Å². The van der Waals surface area contributed by atoms with Gasteiger partial charge in [-0.1, -0.05) is 6.07 Å². The first kappa shape index (κ1) is 26.0. The van der Waals surface area contributed by atoms with Gasteiger partial charge in [-0.15, -0.1) is 0 Å². The average Bonchev–Trinajstić information content (AvgIpc) is 3.58. The number of rotatable bonds is 5. The molecule has 0 saturated carbocycles. The third kappa shape index (κ3) is 4.82. The first-order valence-electron chi connectivity index (χ1n) is 13.7. The van der Waals surface area contributed by atoms with Crippen molar-refractivity contribution in [3.63, 3.8) is 0 Å². The van der Waals surface area contributed by atoms with Gasteiger partial charge in [0, 0.05) is 81.0 Å². The molecule has 1 amide bonds. The Hall–Kier alpha value is -3.30. The molecule has 0 aliphatic carbocycles. The Morgan fingerprint density at radius 2 is 1.85 bits per heavy atom. The molecule has 0 atom stereocenters. The number of amides is 1. The molecule has 3 aliphatic rings.